The maximum Gasteiger partial charge on any atom is 0.160 e. The van der Waals surface area contributed by atoms with Gasteiger partial charge in [-0.25, -0.2) is 0 Å². The van der Waals surface area contributed by atoms with Crippen molar-refractivity contribution in [2.24, 2.45) is 11.3 Å². The summed E-state index contributed by atoms with van der Waals surface area (Å²) in [5.74, 6) is 0.506. The Labute approximate surface area is 97.9 Å². The minimum atomic E-state index is -0.0266. The number of hydrogen-bond donors (Lipinski definition) is 2. The minimum absolute atomic E-state index is 0.0266. The lowest BCUT2D eigenvalue weighted by molar-refractivity contribution is 0.229. The zero-order valence-electron chi connectivity index (χ0n) is 10.6. The topological polar surface area (TPSA) is 40.5 Å². The average Bonchev–Trinajstić information content (AvgIpc) is 2.18. The molecule has 0 aliphatic carbocycles. The molecule has 16 heavy (non-hydrogen) atoms. The molecule has 0 aliphatic heterocycles. The van der Waals surface area contributed by atoms with Crippen molar-refractivity contribution >= 4 is 0 Å². The van der Waals surface area contributed by atoms with Gasteiger partial charge in [-0.2, -0.15) is 0 Å². The van der Waals surface area contributed by atoms with Crippen LogP contribution in [0.3, 0.4) is 0 Å². The van der Waals surface area contributed by atoms with Crippen LogP contribution in [0, 0.1) is 11.3 Å². The third-order valence-electron chi connectivity index (χ3n) is 3.28. The summed E-state index contributed by atoms with van der Waals surface area (Å²) >= 11 is 0. The first-order valence-corrected chi connectivity index (χ1v) is 5.86. The van der Waals surface area contributed by atoms with Gasteiger partial charge in [0.15, 0.2) is 11.5 Å². The number of rotatable bonds is 3. The van der Waals surface area contributed by atoms with Crippen LogP contribution in [0.4, 0.5) is 0 Å². The molecule has 0 bridgehead atoms. The first-order valence-electron chi connectivity index (χ1n) is 5.86. The molecule has 0 amide bonds. The molecule has 1 rings (SSSR count). The van der Waals surface area contributed by atoms with Gasteiger partial charge in [0.2, 0.25) is 0 Å². The van der Waals surface area contributed by atoms with E-state index in [0.29, 0.717) is 5.92 Å². The van der Waals surface area contributed by atoms with E-state index < -0.39 is 0 Å². The smallest absolute Gasteiger partial charge is 0.160 e. The molecule has 0 spiro atoms. The van der Waals surface area contributed by atoms with Crippen LogP contribution in [0.2, 0.25) is 0 Å². The molecule has 2 nitrogen and oxygen atoms in total. The zero-order valence-corrected chi connectivity index (χ0v) is 10.6. The van der Waals surface area contributed by atoms with E-state index in [1.165, 1.54) is 6.07 Å². The largest absolute Gasteiger partial charge is 0.504 e. The van der Waals surface area contributed by atoms with Crippen LogP contribution in [0.1, 0.15) is 39.7 Å². The van der Waals surface area contributed by atoms with Gasteiger partial charge in [0, 0.05) is 0 Å². The lowest BCUT2D eigenvalue weighted by atomic mass is 9.75. The van der Waals surface area contributed by atoms with Gasteiger partial charge in [-0.3, -0.25) is 0 Å². The van der Waals surface area contributed by atoms with Gasteiger partial charge >= 0.3 is 0 Å². The van der Waals surface area contributed by atoms with Crippen molar-refractivity contribution in [2.75, 3.05) is 0 Å². The monoisotopic (exact) mass is 222 g/mol. The van der Waals surface area contributed by atoms with Crippen molar-refractivity contribution in [1.82, 2.24) is 0 Å². The highest BCUT2D eigenvalue weighted by molar-refractivity contribution is 5.44. The quantitative estimate of drug-likeness (QED) is 0.765. The van der Waals surface area contributed by atoms with Crippen LogP contribution in [-0.4, -0.2) is 10.2 Å². The molecule has 1 aromatic carbocycles. The summed E-state index contributed by atoms with van der Waals surface area (Å²) in [6.45, 7) is 8.79. The van der Waals surface area contributed by atoms with Gasteiger partial charge in [-0.1, -0.05) is 46.2 Å². The molecule has 0 aromatic heterocycles. The number of para-hydroxylation sites is 1. The summed E-state index contributed by atoms with van der Waals surface area (Å²) in [4.78, 5) is 0. The molecule has 0 fully saturated rings. The van der Waals surface area contributed by atoms with E-state index in [-0.39, 0.29) is 16.9 Å². The van der Waals surface area contributed by atoms with E-state index in [4.69, 9.17) is 0 Å². The molecule has 2 heteroatoms. The second kappa shape index (κ2) is 4.77. The van der Waals surface area contributed by atoms with Gasteiger partial charge in [0.05, 0.1) is 0 Å². The van der Waals surface area contributed by atoms with Crippen LogP contribution in [0.5, 0.6) is 11.5 Å². The highest BCUT2D eigenvalue weighted by Gasteiger charge is 2.24. The Balaban J connectivity index is 2.91. The fraction of sp³-hybridized carbons (Fsp3) is 0.571. The number of phenols is 2. The molecule has 90 valence electrons. The summed E-state index contributed by atoms with van der Waals surface area (Å²) in [6.07, 6.45) is 1.87. The Kier molecular flexibility index (Phi) is 3.84. The number of hydrogen-bond acceptors (Lipinski definition) is 2. The molecule has 1 aromatic rings. The maximum atomic E-state index is 9.76. The summed E-state index contributed by atoms with van der Waals surface area (Å²) in [5.41, 5.74) is 1.05. The van der Waals surface area contributed by atoms with Gasteiger partial charge < -0.3 is 10.2 Å². The van der Waals surface area contributed by atoms with Crippen molar-refractivity contribution in [2.45, 2.75) is 40.5 Å². The molecule has 0 radical (unpaired) electrons. The van der Waals surface area contributed by atoms with Crippen molar-refractivity contribution in [3.8, 4) is 11.5 Å². The van der Waals surface area contributed by atoms with E-state index in [2.05, 4.69) is 27.7 Å². The SMILES string of the molecule is CCC(Cc1cccc(O)c1O)C(C)(C)C. The van der Waals surface area contributed by atoms with Crippen LogP contribution in [0.25, 0.3) is 0 Å². The van der Waals surface area contributed by atoms with Gasteiger partial charge in [0.1, 0.15) is 0 Å². The summed E-state index contributed by atoms with van der Waals surface area (Å²) in [7, 11) is 0. The lowest BCUT2D eigenvalue weighted by Gasteiger charge is -2.30. The standard InChI is InChI=1S/C14H22O2/c1-5-11(14(2,3)4)9-10-7-6-8-12(15)13(10)16/h6-8,11,15-16H,5,9H2,1-4H3. The molecule has 2 N–H and O–H groups in total. The first kappa shape index (κ1) is 12.9. The molecule has 1 unspecified atom stereocenters. The second-order valence-electron chi connectivity index (χ2n) is 5.46. The van der Waals surface area contributed by atoms with Crippen molar-refractivity contribution in [1.29, 1.82) is 0 Å². The Morgan fingerprint density at radius 1 is 1.19 bits per heavy atom. The van der Waals surface area contributed by atoms with E-state index in [9.17, 15) is 10.2 Å². The summed E-state index contributed by atoms with van der Waals surface area (Å²) in [5, 5.41) is 19.2. The Morgan fingerprint density at radius 3 is 2.31 bits per heavy atom. The van der Waals surface area contributed by atoms with Crippen LogP contribution >= 0.6 is 0 Å². The summed E-state index contributed by atoms with van der Waals surface area (Å²) < 4.78 is 0. The van der Waals surface area contributed by atoms with E-state index in [1.54, 1.807) is 6.07 Å². The maximum absolute atomic E-state index is 9.76. The van der Waals surface area contributed by atoms with E-state index >= 15 is 0 Å². The van der Waals surface area contributed by atoms with Gasteiger partial charge in [0.25, 0.3) is 0 Å². The fourth-order valence-corrected chi connectivity index (χ4v) is 2.07. The van der Waals surface area contributed by atoms with Gasteiger partial charge in [-0.05, 0) is 29.4 Å². The third-order valence-corrected chi connectivity index (χ3v) is 3.28. The molecule has 0 saturated heterocycles. The van der Waals surface area contributed by atoms with Gasteiger partial charge in [-0.15, -0.1) is 0 Å². The predicted molar refractivity (Wildman–Crippen MR) is 66.7 cm³/mol. The number of benzene rings is 1. The van der Waals surface area contributed by atoms with Crippen molar-refractivity contribution < 1.29 is 10.2 Å². The molecular weight excluding hydrogens is 200 g/mol. The first-order chi connectivity index (χ1) is 7.36. The highest BCUT2D eigenvalue weighted by atomic mass is 16.3. The summed E-state index contributed by atoms with van der Waals surface area (Å²) in [6, 6.07) is 5.17. The molecular formula is C14H22O2. The Hall–Kier alpha value is -1.18. The van der Waals surface area contributed by atoms with Crippen molar-refractivity contribution in [3.63, 3.8) is 0 Å². The van der Waals surface area contributed by atoms with Crippen LogP contribution < -0.4 is 0 Å². The molecule has 1 atom stereocenters. The predicted octanol–water partition coefficient (Wildman–Crippen LogP) is 3.71. The highest BCUT2D eigenvalue weighted by Crippen LogP contribution is 2.36. The second-order valence-corrected chi connectivity index (χ2v) is 5.46. The average molecular weight is 222 g/mol. The fourth-order valence-electron chi connectivity index (χ4n) is 2.07. The van der Waals surface area contributed by atoms with Crippen LogP contribution in [0.15, 0.2) is 18.2 Å². The zero-order chi connectivity index (χ0) is 12.3. The normalized spacial score (nSPS) is 13.8. The molecule has 0 heterocycles. The Bertz CT molecular complexity index is 350. The Morgan fingerprint density at radius 2 is 1.81 bits per heavy atom. The molecule has 0 aliphatic rings. The van der Waals surface area contributed by atoms with E-state index in [1.807, 2.05) is 6.07 Å². The van der Waals surface area contributed by atoms with Crippen LogP contribution in [-0.2, 0) is 6.42 Å². The molecule has 0 saturated carbocycles. The third kappa shape index (κ3) is 2.91. The lowest BCUT2D eigenvalue weighted by Crippen LogP contribution is -2.21. The number of aromatic hydroxyl groups is 2. The van der Waals surface area contributed by atoms with E-state index in [0.717, 1.165) is 18.4 Å². The van der Waals surface area contributed by atoms with Crippen molar-refractivity contribution in [3.05, 3.63) is 23.8 Å². The minimum Gasteiger partial charge on any atom is -0.504 e. The number of phenolic OH excluding ortho intramolecular Hbond substituents is 2.